The number of hydrogen-bond acceptors (Lipinski definition) is 2. The maximum atomic E-state index is 12.4. The van der Waals surface area contributed by atoms with Crippen LogP contribution in [0, 0.1) is 29.6 Å². The summed E-state index contributed by atoms with van der Waals surface area (Å²) in [5.41, 5.74) is 5.65. The Balaban J connectivity index is 2.41. The molecule has 3 heteroatoms. The van der Waals surface area contributed by atoms with Gasteiger partial charge >= 0.3 is 0 Å². The van der Waals surface area contributed by atoms with E-state index >= 15 is 0 Å². The molecule has 1 saturated carbocycles. The highest BCUT2D eigenvalue weighted by molar-refractivity contribution is 5.78. The first kappa shape index (κ1) is 17.5. The molecule has 0 bridgehead atoms. The fourth-order valence-corrected chi connectivity index (χ4v) is 3.63. The quantitative estimate of drug-likeness (QED) is 0.753. The van der Waals surface area contributed by atoms with E-state index in [0.717, 1.165) is 32.4 Å². The van der Waals surface area contributed by atoms with Crippen molar-refractivity contribution in [3.8, 4) is 0 Å². The molecule has 118 valence electrons. The summed E-state index contributed by atoms with van der Waals surface area (Å²) in [4.78, 5) is 12.4. The lowest BCUT2D eigenvalue weighted by atomic mass is 9.79. The molecule has 0 aliphatic heterocycles. The molecule has 0 spiro atoms. The molecule has 0 aromatic rings. The fraction of sp³-hybridized carbons (Fsp3) is 0.941. The lowest BCUT2D eigenvalue weighted by molar-refractivity contribution is -0.126. The van der Waals surface area contributed by atoms with Crippen molar-refractivity contribution in [2.75, 3.05) is 13.1 Å². The first-order chi connectivity index (χ1) is 9.45. The molecule has 2 unspecified atom stereocenters. The van der Waals surface area contributed by atoms with Gasteiger partial charge in [0.25, 0.3) is 0 Å². The fourth-order valence-electron chi connectivity index (χ4n) is 3.63. The van der Waals surface area contributed by atoms with E-state index in [2.05, 4.69) is 33.0 Å². The van der Waals surface area contributed by atoms with Crippen LogP contribution in [0.3, 0.4) is 0 Å². The van der Waals surface area contributed by atoms with Gasteiger partial charge in [-0.05, 0) is 49.5 Å². The SMILES string of the molecule is CC(C)C(CNC(=O)C1CCCC(CCN)C1)C(C)C. The van der Waals surface area contributed by atoms with E-state index in [4.69, 9.17) is 5.73 Å². The second-order valence-corrected chi connectivity index (χ2v) is 7.20. The van der Waals surface area contributed by atoms with Gasteiger partial charge in [-0.1, -0.05) is 40.5 Å². The van der Waals surface area contributed by atoms with Gasteiger partial charge in [0, 0.05) is 12.5 Å². The summed E-state index contributed by atoms with van der Waals surface area (Å²) in [6.07, 6.45) is 5.60. The van der Waals surface area contributed by atoms with Crippen LogP contribution in [0.5, 0.6) is 0 Å². The summed E-state index contributed by atoms with van der Waals surface area (Å²) in [7, 11) is 0. The zero-order valence-corrected chi connectivity index (χ0v) is 13.8. The Bertz CT molecular complexity index is 279. The van der Waals surface area contributed by atoms with Crippen LogP contribution in [0.1, 0.15) is 59.8 Å². The monoisotopic (exact) mass is 282 g/mol. The molecular weight excluding hydrogens is 248 g/mol. The number of rotatable bonds is 7. The molecule has 3 N–H and O–H groups in total. The highest BCUT2D eigenvalue weighted by atomic mass is 16.1. The number of carbonyl (C=O) groups is 1. The van der Waals surface area contributed by atoms with Crippen molar-refractivity contribution in [1.82, 2.24) is 5.32 Å². The van der Waals surface area contributed by atoms with Gasteiger partial charge in [-0.25, -0.2) is 0 Å². The average Bonchev–Trinajstić information content (AvgIpc) is 2.38. The van der Waals surface area contributed by atoms with Crippen LogP contribution in [0.15, 0.2) is 0 Å². The minimum Gasteiger partial charge on any atom is -0.356 e. The molecule has 3 nitrogen and oxygen atoms in total. The van der Waals surface area contributed by atoms with Crippen molar-refractivity contribution in [1.29, 1.82) is 0 Å². The second-order valence-electron chi connectivity index (χ2n) is 7.20. The Morgan fingerprint density at radius 3 is 2.40 bits per heavy atom. The van der Waals surface area contributed by atoms with Gasteiger partial charge in [-0.2, -0.15) is 0 Å². The summed E-state index contributed by atoms with van der Waals surface area (Å²) in [5.74, 6) is 2.97. The van der Waals surface area contributed by atoms with E-state index in [9.17, 15) is 4.79 Å². The van der Waals surface area contributed by atoms with Crippen molar-refractivity contribution in [3.63, 3.8) is 0 Å². The summed E-state index contributed by atoms with van der Waals surface area (Å²) in [6.45, 7) is 10.6. The molecule has 1 amide bonds. The van der Waals surface area contributed by atoms with Crippen LogP contribution in [0.2, 0.25) is 0 Å². The van der Waals surface area contributed by atoms with E-state index in [1.165, 1.54) is 12.8 Å². The van der Waals surface area contributed by atoms with Gasteiger partial charge in [0.15, 0.2) is 0 Å². The predicted octanol–water partition coefficient (Wildman–Crippen LogP) is 3.19. The summed E-state index contributed by atoms with van der Waals surface area (Å²) < 4.78 is 0. The molecule has 0 radical (unpaired) electrons. The molecule has 0 aromatic heterocycles. The third-order valence-corrected chi connectivity index (χ3v) is 4.95. The number of carbonyl (C=O) groups excluding carboxylic acids is 1. The molecule has 20 heavy (non-hydrogen) atoms. The first-order valence-electron chi connectivity index (χ1n) is 8.43. The normalized spacial score (nSPS) is 23.6. The summed E-state index contributed by atoms with van der Waals surface area (Å²) in [6, 6.07) is 0. The van der Waals surface area contributed by atoms with Crippen molar-refractivity contribution in [2.45, 2.75) is 59.8 Å². The van der Waals surface area contributed by atoms with Gasteiger partial charge in [0.05, 0.1) is 0 Å². The Hall–Kier alpha value is -0.570. The third-order valence-electron chi connectivity index (χ3n) is 4.95. The smallest absolute Gasteiger partial charge is 0.223 e. The van der Waals surface area contributed by atoms with Gasteiger partial charge < -0.3 is 11.1 Å². The second kappa shape index (κ2) is 8.66. The predicted molar refractivity (Wildman–Crippen MR) is 85.3 cm³/mol. The molecule has 0 heterocycles. The maximum Gasteiger partial charge on any atom is 0.223 e. The van der Waals surface area contributed by atoms with Crippen molar-refractivity contribution in [3.05, 3.63) is 0 Å². The van der Waals surface area contributed by atoms with E-state index in [0.29, 0.717) is 23.7 Å². The maximum absolute atomic E-state index is 12.4. The Morgan fingerprint density at radius 2 is 1.85 bits per heavy atom. The van der Waals surface area contributed by atoms with Crippen LogP contribution in [-0.4, -0.2) is 19.0 Å². The Morgan fingerprint density at radius 1 is 1.20 bits per heavy atom. The number of nitrogens with one attached hydrogen (secondary N) is 1. The molecule has 1 aliphatic rings. The van der Waals surface area contributed by atoms with Gasteiger partial charge in [-0.3, -0.25) is 4.79 Å². The van der Waals surface area contributed by atoms with Gasteiger partial charge in [-0.15, -0.1) is 0 Å². The van der Waals surface area contributed by atoms with Crippen LogP contribution in [-0.2, 0) is 4.79 Å². The largest absolute Gasteiger partial charge is 0.356 e. The molecule has 1 aliphatic carbocycles. The zero-order valence-electron chi connectivity index (χ0n) is 13.8. The molecular formula is C17H34N2O. The molecule has 0 saturated heterocycles. The molecule has 1 fully saturated rings. The lowest BCUT2D eigenvalue weighted by Gasteiger charge is -2.30. The standard InChI is InChI=1S/C17H34N2O/c1-12(2)16(13(3)4)11-19-17(20)15-7-5-6-14(10-15)8-9-18/h12-16H,5-11,18H2,1-4H3,(H,19,20). The van der Waals surface area contributed by atoms with E-state index in [1.807, 2.05) is 0 Å². The van der Waals surface area contributed by atoms with Crippen molar-refractivity contribution < 1.29 is 4.79 Å². The van der Waals surface area contributed by atoms with Crippen LogP contribution in [0.4, 0.5) is 0 Å². The van der Waals surface area contributed by atoms with Crippen molar-refractivity contribution >= 4 is 5.91 Å². The van der Waals surface area contributed by atoms with E-state index < -0.39 is 0 Å². The number of nitrogens with two attached hydrogens (primary N) is 1. The van der Waals surface area contributed by atoms with Crippen LogP contribution < -0.4 is 11.1 Å². The minimum atomic E-state index is 0.222. The van der Waals surface area contributed by atoms with Crippen molar-refractivity contribution in [2.24, 2.45) is 35.3 Å². The van der Waals surface area contributed by atoms with E-state index in [-0.39, 0.29) is 11.8 Å². The average molecular weight is 282 g/mol. The summed E-state index contributed by atoms with van der Waals surface area (Å²) >= 11 is 0. The number of hydrogen-bond donors (Lipinski definition) is 2. The van der Waals surface area contributed by atoms with Crippen LogP contribution >= 0.6 is 0 Å². The van der Waals surface area contributed by atoms with E-state index in [1.54, 1.807) is 0 Å². The molecule has 2 atom stereocenters. The minimum absolute atomic E-state index is 0.222. The zero-order chi connectivity index (χ0) is 15.1. The summed E-state index contributed by atoms with van der Waals surface area (Å²) in [5, 5.41) is 3.21. The van der Waals surface area contributed by atoms with Gasteiger partial charge in [0.2, 0.25) is 5.91 Å². The Kier molecular flexibility index (Phi) is 7.57. The third kappa shape index (κ3) is 5.43. The highest BCUT2D eigenvalue weighted by Gasteiger charge is 2.27. The lowest BCUT2D eigenvalue weighted by Crippen LogP contribution is -2.39. The number of amides is 1. The first-order valence-corrected chi connectivity index (χ1v) is 8.43. The molecule has 0 aromatic carbocycles. The topological polar surface area (TPSA) is 55.1 Å². The Labute approximate surface area is 125 Å². The highest BCUT2D eigenvalue weighted by Crippen LogP contribution is 2.31. The van der Waals surface area contributed by atoms with Gasteiger partial charge in [0.1, 0.15) is 0 Å². The van der Waals surface area contributed by atoms with Crippen LogP contribution in [0.25, 0.3) is 0 Å². The molecule has 1 rings (SSSR count).